The van der Waals surface area contributed by atoms with Crippen molar-refractivity contribution >= 4 is 22.5 Å². The van der Waals surface area contributed by atoms with Crippen LogP contribution in [0.25, 0.3) is 22.3 Å². The van der Waals surface area contributed by atoms with E-state index < -0.39 is 5.91 Å². The summed E-state index contributed by atoms with van der Waals surface area (Å²) < 4.78 is 13.3. The number of aromatic amines is 1. The van der Waals surface area contributed by atoms with Crippen molar-refractivity contribution in [2.24, 2.45) is 5.73 Å². The number of amides is 1. The first-order chi connectivity index (χ1) is 13.1. The van der Waals surface area contributed by atoms with Gasteiger partial charge in [0.2, 0.25) is 11.7 Å². The van der Waals surface area contributed by atoms with Gasteiger partial charge in [0.15, 0.2) is 0 Å². The van der Waals surface area contributed by atoms with Gasteiger partial charge in [0, 0.05) is 29.1 Å². The summed E-state index contributed by atoms with van der Waals surface area (Å²) in [5.74, 6) is 0.0727. The lowest BCUT2D eigenvalue weighted by Crippen LogP contribution is -2.10. The molecule has 2 heterocycles. The fourth-order valence-electron chi connectivity index (χ4n) is 2.89. The van der Waals surface area contributed by atoms with E-state index in [-0.39, 0.29) is 5.82 Å². The summed E-state index contributed by atoms with van der Waals surface area (Å²) in [6.07, 6.45) is 3.18. The highest BCUT2D eigenvalue weighted by atomic mass is 19.1. The van der Waals surface area contributed by atoms with Crippen LogP contribution < -0.4 is 11.1 Å². The molecule has 8 heteroatoms. The molecule has 0 saturated heterocycles. The van der Waals surface area contributed by atoms with Crippen LogP contribution in [-0.2, 0) is 6.54 Å². The van der Waals surface area contributed by atoms with Crippen molar-refractivity contribution in [2.45, 2.75) is 6.54 Å². The van der Waals surface area contributed by atoms with Gasteiger partial charge in [-0.1, -0.05) is 24.3 Å². The van der Waals surface area contributed by atoms with Crippen LogP contribution in [-0.4, -0.2) is 26.1 Å². The van der Waals surface area contributed by atoms with E-state index >= 15 is 0 Å². The number of aromatic nitrogens is 4. The molecule has 4 rings (SSSR count). The van der Waals surface area contributed by atoms with Crippen LogP contribution in [0.1, 0.15) is 15.9 Å². The molecule has 1 amide bonds. The van der Waals surface area contributed by atoms with E-state index in [0.29, 0.717) is 34.8 Å². The molecule has 4 aromatic rings. The number of hydrogen-bond donors (Lipinski definition) is 3. The molecular formula is C19H15FN6O. The maximum absolute atomic E-state index is 13.3. The maximum atomic E-state index is 13.3. The standard InChI is InChI=1S/C19H15FN6O/c20-12-4-1-3-11(7-12)8-22-16-10-24-26-19(25-16)17-13-5-2-6-14(18(21)27)15(13)9-23-17/h1-7,9-10,23H,8H2,(H2,21,27)(H,22,25,26). The molecule has 0 bridgehead atoms. The number of carbonyl (C=O) groups excluding carboxylic acids is 1. The van der Waals surface area contributed by atoms with Gasteiger partial charge in [0.1, 0.15) is 11.6 Å². The number of primary amides is 1. The Morgan fingerprint density at radius 3 is 2.85 bits per heavy atom. The second kappa shape index (κ2) is 6.83. The Labute approximate surface area is 153 Å². The quantitative estimate of drug-likeness (QED) is 0.506. The minimum Gasteiger partial charge on any atom is -0.366 e. The molecule has 0 saturated carbocycles. The van der Waals surface area contributed by atoms with Crippen LogP contribution in [0, 0.1) is 5.82 Å². The second-order valence-corrected chi connectivity index (χ2v) is 5.94. The van der Waals surface area contributed by atoms with Crippen molar-refractivity contribution < 1.29 is 9.18 Å². The third-order valence-corrected chi connectivity index (χ3v) is 4.15. The first kappa shape index (κ1) is 16.6. The first-order valence-corrected chi connectivity index (χ1v) is 8.20. The summed E-state index contributed by atoms with van der Waals surface area (Å²) in [6.45, 7) is 0.396. The van der Waals surface area contributed by atoms with E-state index in [4.69, 9.17) is 5.73 Å². The number of nitrogens with one attached hydrogen (secondary N) is 2. The molecule has 4 N–H and O–H groups in total. The lowest BCUT2D eigenvalue weighted by atomic mass is 10.1. The van der Waals surface area contributed by atoms with E-state index in [1.165, 1.54) is 18.3 Å². The van der Waals surface area contributed by atoms with Gasteiger partial charge in [0.05, 0.1) is 11.9 Å². The van der Waals surface area contributed by atoms with Gasteiger partial charge >= 0.3 is 0 Å². The third-order valence-electron chi connectivity index (χ3n) is 4.15. The Morgan fingerprint density at radius 1 is 1.19 bits per heavy atom. The van der Waals surface area contributed by atoms with Crippen LogP contribution in [0.4, 0.5) is 10.2 Å². The van der Waals surface area contributed by atoms with Gasteiger partial charge in [-0.2, -0.15) is 5.10 Å². The number of H-pyrrole nitrogens is 1. The number of carbonyl (C=O) groups is 1. The van der Waals surface area contributed by atoms with Gasteiger partial charge in [-0.25, -0.2) is 9.37 Å². The number of fused-ring (bicyclic) bond motifs is 1. The highest BCUT2D eigenvalue weighted by Gasteiger charge is 2.14. The summed E-state index contributed by atoms with van der Waals surface area (Å²) in [5.41, 5.74) is 7.26. The number of rotatable bonds is 5. The van der Waals surface area contributed by atoms with Gasteiger partial charge < -0.3 is 16.0 Å². The lowest BCUT2D eigenvalue weighted by Gasteiger charge is -2.06. The molecule has 0 aliphatic carbocycles. The van der Waals surface area contributed by atoms with Gasteiger partial charge in [-0.3, -0.25) is 4.79 Å². The SMILES string of the molecule is NC(=O)c1cccc2c(-c3nncc(NCc4cccc(F)c4)n3)[nH]cc12. The summed E-state index contributed by atoms with van der Waals surface area (Å²) >= 11 is 0. The van der Waals surface area contributed by atoms with Crippen LogP contribution in [0.3, 0.4) is 0 Å². The lowest BCUT2D eigenvalue weighted by molar-refractivity contribution is 0.100. The molecule has 0 atom stereocenters. The minimum absolute atomic E-state index is 0.293. The van der Waals surface area contributed by atoms with E-state index in [0.717, 1.165) is 10.9 Å². The number of nitrogens with two attached hydrogens (primary N) is 1. The monoisotopic (exact) mass is 362 g/mol. The summed E-state index contributed by atoms with van der Waals surface area (Å²) in [4.78, 5) is 19.1. The van der Waals surface area contributed by atoms with E-state index in [9.17, 15) is 9.18 Å². The highest BCUT2D eigenvalue weighted by Crippen LogP contribution is 2.28. The topological polar surface area (TPSA) is 110 Å². The van der Waals surface area contributed by atoms with Crippen molar-refractivity contribution in [1.29, 1.82) is 0 Å². The molecule has 2 aromatic heterocycles. The molecule has 0 unspecified atom stereocenters. The Kier molecular flexibility index (Phi) is 4.21. The normalized spacial score (nSPS) is 10.9. The molecule has 2 aromatic carbocycles. The summed E-state index contributed by atoms with van der Waals surface area (Å²) in [7, 11) is 0. The van der Waals surface area contributed by atoms with E-state index in [2.05, 4.69) is 25.5 Å². The predicted molar refractivity (Wildman–Crippen MR) is 99.4 cm³/mol. The van der Waals surface area contributed by atoms with Crippen molar-refractivity contribution in [3.05, 3.63) is 71.8 Å². The van der Waals surface area contributed by atoms with Crippen molar-refractivity contribution in [2.75, 3.05) is 5.32 Å². The average Bonchev–Trinajstić information content (AvgIpc) is 3.11. The smallest absolute Gasteiger partial charge is 0.249 e. The van der Waals surface area contributed by atoms with E-state index in [1.54, 1.807) is 24.4 Å². The van der Waals surface area contributed by atoms with Crippen molar-refractivity contribution in [3.63, 3.8) is 0 Å². The zero-order valence-electron chi connectivity index (χ0n) is 14.1. The fraction of sp³-hybridized carbons (Fsp3) is 0.0526. The number of nitrogens with zero attached hydrogens (tertiary/aromatic N) is 3. The molecule has 0 fully saturated rings. The Hall–Kier alpha value is -3.81. The zero-order chi connectivity index (χ0) is 18.8. The minimum atomic E-state index is -0.504. The molecule has 7 nitrogen and oxygen atoms in total. The second-order valence-electron chi connectivity index (χ2n) is 5.94. The predicted octanol–water partition coefficient (Wildman–Crippen LogP) is 2.87. The fourth-order valence-corrected chi connectivity index (χ4v) is 2.89. The number of anilines is 1. The molecule has 0 radical (unpaired) electrons. The number of hydrogen-bond acceptors (Lipinski definition) is 5. The Balaban J connectivity index is 1.64. The maximum Gasteiger partial charge on any atom is 0.249 e. The largest absolute Gasteiger partial charge is 0.366 e. The molecule has 0 spiro atoms. The Bertz CT molecular complexity index is 1140. The van der Waals surface area contributed by atoms with Gasteiger partial charge in [0.25, 0.3) is 0 Å². The summed E-state index contributed by atoms with van der Waals surface area (Å²) in [6, 6.07) is 11.6. The summed E-state index contributed by atoms with van der Waals surface area (Å²) in [5, 5.41) is 12.6. The highest BCUT2D eigenvalue weighted by molar-refractivity contribution is 6.09. The van der Waals surface area contributed by atoms with Crippen LogP contribution in [0.2, 0.25) is 0 Å². The van der Waals surface area contributed by atoms with Gasteiger partial charge in [-0.05, 0) is 23.8 Å². The van der Waals surface area contributed by atoms with E-state index in [1.807, 2.05) is 12.1 Å². The molecule has 0 aliphatic rings. The van der Waals surface area contributed by atoms with Crippen molar-refractivity contribution in [1.82, 2.24) is 20.2 Å². The average molecular weight is 362 g/mol. The molecule has 0 aliphatic heterocycles. The zero-order valence-corrected chi connectivity index (χ0v) is 14.1. The molecule has 134 valence electrons. The molecule has 27 heavy (non-hydrogen) atoms. The van der Waals surface area contributed by atoms with Crippen LogP contribution in [0.5, 0.6) is 0 Å². The van der Waals surface area contributed by atoms with Crippen molar-refractivity contribution in [3.8, 4) is 11.5 Å². The van der Waals surface area contributed by atoms with Gasteiger partial charge in [-0.15, -0.1) is 5.10 Å². The first-order valence-electron chi connectivity index (χ1n) is 8.20. The number of benzene rings is 2. The molecular weight excluding hydrogens is 347 g/mol. The third kappa shape index (κ3) is 3.32. The van der Waals surface area contributed by atoms with Crippen LogP contribution >= 0.6 is 0 Å². The van der Waals surface area contributed by atoms with Crippen LogP contribution in [0.15, 0.2) is 54.9 Å². The number of halogens is 1. The Morgan fingerprint density at radius 2 is 2.04 bits per heavy atom.